The standard InChI is InChI=1S/C10H19NO4S2/c1-11(6-7-16-2)17(14,15)9-5-3-4-8(9)10(12)13/h8-9H,3-7H2,1-2H3,(H,12,13). The van der Waals surface area contributed by atoms with Crippen LogP contribution in [0.1, 0.15) is 19.3 Å². The minimum Gasteiger partial charge on any atom is -0.481 e. The van der Waals surface area contributed by atoms with Crippen molar-refractivity contribution in [1.82, 2.24) is 4.31 Å². The highest BCUT2D eigenvalue weighted by Crippen LogP contribution is 2.32. The maximum absolute atomic E-state index is 12.2. The van der Waals surface area contributed by atoms with Gasteiger partial charge in [-0.15, -0.1) is 0 Å². The summed E-state index contributed by atoms with van der Waals surface area (Å²) in [5, 5.41) is 8.27. The molecule has 7 heteroatoms. The van der Waals surface area contributed by atoms with E-state index in [1.807, 2.05) is 6.26 Å². The number of carboxylic acids is 1. The third-order valence-corrected chi connectivity index (χ3v) is 6.17. The maximum atomic E-state index is 12.2. The van der Waals surface area contributed by atoms with Gasteiger partial charge < -0.3 is 5.11 Å². The van der Waals surface area contributed by atoms with Gasteiger partial charge in [-0.1, -0.05) is 6.42 Å². The predicted molar refractivity (Wildman–Crippen MR) is 68.7 cm³/mol. The Hall–Kier alpha value is -0.270. The Morgan fingerprint density at radius 2 is 2.12 bits per heavy atom. The fraction of sp³-hybridized carbons (Fsp3) is 0.900. The minimum atomic E-state index is -3.47. The van der Waals surface area contributed by atoms with Crippen molar-refractivity contribution in [2.75, 3.05) is 25.6 Å². The number of carbonyl (C=O) groups is 1. The van der Waals surface area contributed by atoms with Gasteiger partial charge in [0.25, 0.3) is 0 Å². The summed E-state index contributed by atoms with van der Waals surface area (Å²) in [5.41, 5.74) is 0. The average molecular weight is 281 g/mol. The van der Waals surface area contributed by atoms with E-state index in [1.165, 1.54) is 11.4 Å². The van der Waals surface area contributed by atoms with Gasteiger partial charge in [0.15, 0.2) is 0 Å². The topological polar surface area (TPSA) is 74.7 Å². The first-order valence-electron chi connectivity index (χ1n) is 5.58. The number of hydrogen-bond acceptors (Lipinski definition) is 4. The van der Waals surface area contributed by atoms with Crippen molar-refractivity contribution in [3.8, 4) is 0 Å². The molecule has 2 unspecified atom stereocenters. The van der Waals surface area contributed by atoms with Crippen molar-refractivity contribution in [3.05, 3.63) is 0 Å². The second kappa shape index (κ2) is 6.06. The van der Waals surface area contributed by atoms with Crippen molar-refractivity contribution in [1.29, 1.82) is 0 Å². The first-order valence-corrected chi connectivity index (χ1v) is 8.48. The van der Waals surface area contributed by atoms with Crippen LogP contribution in [0.2, 0.25) is 0 Å². The van der Waals surface area contributed by atoms with Crippen molar-refractivity contribution in [2.24, 2.45) is 5.92 Å². The van der Waals surface area contributed by atoms with E-state index in [2.05, 4.69) is 0 Å². The molecular formula is C10H19NO4S2. The first-order chi connectivity index (χ1) is 7.91. The molecule has 0 aromatic carbocycles. The third-order valence-electron chi connectivity index (χ3n) is 3.20. The molecule has 1 aliphatic carbocycles. The summed E-state index contributed by atoms with van der Waals surface area (Å²) < 4.78 is 25.7. The molecule has 0 aromatic heterocycles. The molecule has 1 aliphatic rings. The second-order valence-electron chi connectivity index (χ2n) is 4.27. The van der Waals surface area contributed by atoms with Crippen LogP contribution in [0.5, 0.6) is 0 Å². The number of aliphatic carboxylic acids is 1. The largest absolute Gasteiger partial charge is 0.481 e. The summed E-state index contributed by atoms with van der Waals surface area (Å²) in [6, 6.07) is 0. The number of nitrogens with zero attached hydrogens (tertiary/aromatic N) is 1. The fourth-order valence-electron chi connectivity index (χ4n) is 2.14. The van der Waals surface area contributed by atoms with Gasteiger partial charge in [-0.2, -0.15) is 11.8 Å². The van der Waals surface area contributed by atoms with Crippen molar-refractivity contribution < 1.29 is 18.3 Å². The molecule has 0 spiro atoms. The predicted octanol–water partition coefficient (Wildman–Crippen LogP) is 0.864. The van der Waals surface area contributed by atoms with Gasteiger partial charge in [0.2, 0.25) is 10.0 Å². The molecular weight excluding hydrogens is 262 g/mol. The van der Waals surface area contributed by atoms with Crippen molar-refractivity contribution in [3.63, 3.8) is 0 Å². The van der Waals surface area contributed by atoms with E-state index in [1.54, 1.807) is 11.8 Å². The highest BCUT2D eigenvalue weighted by atomic mass is 32.2. The van der Waals surface area contributed by atoms with E-state index in [9.17, 15) is 13.2 Å². The molecule has 0 saturated heterocycles. The zero-order valence-electron chi connectivity index (χ0n) is 10.1. The van der Waals surface area contributed by atoms with Gasteiger partial charge in [0, 0.05) is 19.3 Å². The molecule has 17 heavy (non-hydrogen) atoms. The summed E-state index contributed by atoms with van der Waals surface area (Å²) in [7, 11) is -1.94. The molecule has 0 bridgehead atoms. The summed E-state index contributed by atoms with van der Waals surface area (Å²) in [6.45, 7) is 0.437. The van der Waals surface area contributed by atoms with Crippen LogP contribution in [-0.4, -0.2) is 54.6 Å². The van der Waals surface area contributed by atoms with Gasteiger partial charge >= 0.3 is 5.97 Å². The molecule has 0 aliphatic heterocycles. The Bertz CT molecular complexity index is 369. The lowest BCUT2D eigenvalue weighted by Crippen LogP contribution is -2.41. The summed E-state index contributed by atoms with van der Waals surface area (Å²) in [4.78, 5) is 11.0. The molecule has 100 valence electrons. The number of rotatable bonds is 6. The molecule has 1 N–H and O–H groups in total. The molecule has 5 nitrogen and oxygen atoms in total. The maximum Gasteiger partial charge on any atom is 0.307 e. The lowest BCUT2D eigenvalue weighted by Gasteiger charge is -2.23. The van der Waals surface area contributed by atoms with Gasteiger partial charge in [-0.05, 0) is 19.1 Å². The van der Waals surface area contributed by atoms with Crippen LogP contribution in [0.4, 0.5) is 0 Å². The molecule has 1 fully saturated rings. The van der Waals surface area contributed by atoms with Crippen molar-refractivity contribution in [2.45, 2.75) is 24.5 Å². The van der Waals surface area contributed by atoms with E-state index in [-0.39, 0.29) is 0 Å². The van der Waals surface area contributed by atoms with Gasteiger partial charge in [0.05, 0.1) is 11.2 Å². The number of sulfonamides is 1. The van der Waals surface area contributed by atoms with E-state index in [0.717, 1.165) is 5.75 Å². The summed E-state index contributed by atoms with van der Waals surface area (Å²) >= 11 is 1.57. The van der Waals surface area contributed by atoms with Crippen LogP contribution in [0.15, 0.2) is 0 Å². The lowest BCUT2D eigenvalue weighted by molar-refractivity contribution is -0.141. The Labute approximate surface area is 107 Å². The van der Waals surface area contributed by atoms with Crippen LogP contribution in [-0.2, 0) is 14.8 Å². The van der Waals surface area contributed by atoms with E-state index in [0.29, 0.717) is 25.8 Å². The van der Waals surface area contributed by atoms with Crippen molar-refractivity contribution >= 4 is 27.8 Å². The summed E-state index contributed by atoms with van der Waals surface area (Å²) in [5.74, 6) is -1.01. The smallest absolute Gasteiger partial charge is 0.307 e. The van der Waals surface area contributed by atoms with Gasteiger partial charge in [0.1, 0.15) is 0 Å². The van der Waals surface area contributed by atoms with Crippen LogP contribution >= 0.6 is 11.8 Å². The second-order valence-corrected chi connectivity index (χ2v) is 7.52. The molecule has 0 aromatic rings. The third kappa shape index (κ3) is 3.35. The quantitative estimate of drug-likeness (QED) is 0.781. The molecule has 1 saturated carbocycles. The van der Waals surface area contributed by atoms with Crippen LogP contribution in [0.25, 0.3) is 0 Å². The molecule has 1 rings (SSSR count). The monoisotopic (exact) mass is 281 g/mol. The molecule has 0 amide bonds. The van der Waals surface area contributed by atoms with E-state index < -0.39 is 27.2 Å². The number of carboxylic acid groups (broad SMARTS) is 1. The van der Waals surface area contributed by atoms with Crippen LogP contribution < -0.4 is 0 Å². The van der Waals surface area contributed by atoms with Crippen LogP contribution in [0.3, 0.4) is 0 Å². The zero-order chi connectivity index (χ0) is 13.1. The fourth-order valence-corrected chi connectivity index (χ4v) is 4.66. The SMILES string of the molecule is CSCCN(C)S(=O)(=O)C1CCCC1C(=O)O. The Morgan fingerprint density at radius 1 is 1.47 bits per heavy atom. The lowest BCUT2D eigenvalue weighted by atomic mass is 10.1. The minimum absolute atomic E-state index is 0.437. The number of thioether (sulfide) groups is 1. The molecule has 0 radical (unpaired) electrons. The molecule has 0 heterocycles. The normalized spacial score (nSPS) is 25.4. The van der Waals surface area contributed by atoms with E-state index >= 15 is 0 Å². The number of hydrogen-bond donors (Lipinski definition) is 1. The first kappa shape index (κ1) is 14.8. The Kier molecular flexibility index (Phi) is 5.27. The molecule has 2 atom stereocenters. The highest BCUT2D eigenvalue weighted by molar-refractivity contribution is 7.98. The van der Waals surface area contributed by atoms with Gasteiger partial charge in [-0.3, -0.25) is 4.79 Å². The zero-order valence-corrected chi connectivity index (χ0v) is 11.8. The Morgan fingerprint density at radius 3 is 2.65 bits per heavy atom. The van der Waals surface area contributed by atoms with E-state index in [4.69, 9.17) is 5.11 Å². The van der Waals surface area contributed by atoms with Gasteiger partial charge in [-0.25, -0.2) is 12.7 Å². The summed E-state index contributed by atoms with van der Waals surface area (Å²) in [6.07, 6.45) is 3.52. The van der Waals surface area contributed by atoms with Crippen LogP contribution in [0, 0.1) is 5.92 Å². The average Bonchev–Trinajstić information content (AvgIpc) is 2.75. The highest BCUT2D eigenvalue weighted by Gasteiger charge is 2.43. The Balaban J connectivity index is 2.78.